The van der Waals surface area contributed by atoms with Gasteiger partial charge in [-0.2, -0.15) is 0 Å². The number of amides is 2. The predicted molar refractivity (Wildman–Crippen MR) is 143 cm³/mol. The molecule has 0 bridgehead atoms. The minimum Gasteiger partial charge on any atom is -0.451 e. The maximum Gasteiger partial charge on any atom is 0.291 e. The molecule has 9 nitrogen and oxygen atoms in total. The number of piperazine rings is 1. The summed E-state index contributed by atoms with van der Waals surface area (Å²) in [5, 5.41) is 16.4. The number of hydrogen-bond donors (Lipinski definition) is 1. The standard InChI is InChI=1S/C26H21ClN4O5S/c27-19-16-17(7-8-21(19)29-11-13-30(14-12-29)26(33)24-6-3-15-37-24)28-25(32)23-10-9-22(36-23)18-4-1-2-5-20(18)31(34)35/h1-10,15-16H,11-14H2,(H,28,32). The minimum atomic E-state index is -0.505. The van der Waals surface area contributed by atoms with Crippen LogP contribution >= 0.6 is 22.9 Å². The number of carbonyl (C=O) groups is 2. The summed E-state index contributed by atoms with van der Waals surface area (Å²) in [7, 11) is 0. The fourth-order valence-corrected chi connectivity index (χ4v) is 5.18. The summed E-state index contributed by atoms with van der Waals surface area (Å²) in [5.41, 5.74) is 1.48. The zero-order valence-corrected chi connectivity index (χ0v) is 21.0. The van der Waals surface area contributed by atoms with E-state index in [2.05, 4.69) is 10.2 Å². The minimum absolute atomic E-state index is 0.0138. The van der Waals surface area contributed by atoms with Gasteiger partial charge >= 0.3 is 0 Å². The van der Waals surface area contributed by atoms with Crippen LogP contribution in [-0.2, 0) is 0 Å². The highest BCUT2D eigenvalue weighted by Gasteiger charge is 2.24. The smallest absolute Gasteiger partial charge is 0.291 e. The van der Waals surface area contributed by atoms with Crippen LogP contribution in [0.5, 0.6) is 0 Å². The lowest BCUT2D eigenvalue weighted by Crippen LogP contribution is -2.48. The van der Waals surface area contributed by atoms with Crippen molar-refractivity contribution in [1.29, 1.82) is 0 Å². The van der Waals surface area contributed by atoms with Crippen molar-refractivity contribution in [1.82, 2.24) is 4.90 Å². The van der Waals surface area contributed by atoms with Crippen LogP contribution < -0.4 is 10.2 Å². The largest absolute Gasteiger partial charge is 0.451 e. The Morgan fingerprint density at radius 3 is 2.49 bits per heavy atom. The van der Waals surface area contributed by atoms with Crippen LogP contribution in [0.3, 0.4) is 0 Å². The van der Waals surface area contributed by atoms with Crippen LogP contribution in [0.25, 0.3) is 11.3 Å². The van der Waals surface area contributed by atoms with E-state index in [1.165, 1.54) is 29.5 Å². The van der Waals surface area contributed by atoms with E-state index in [1.54, 1.807) is 30.3 Å². The van der Waals surface area contributed by atoms with Gasteiger partial charge in [-0.05, 0) is 47.8 Å². The van der Waals surface area contributed by atoms with E-state index in [0.717, 1.165) is 10.6 Å². The number of hydrogen-bond acceptors (Lipinski definition) is 7. The Kier molecular flexibility index (Phi) is 6.93. The summed E-state index contributed by atoms with van der Waals surface area (Å²) in [6.07, 6.45) is 0. The second kappa shape index (κ2) is 10.5. The molecule has 4 aromatic rings. The van der Waals surface area contributed by atoms with Gasteiger partial charge in [0.2, 0.25) is 0 Å². The highest BCUT2D eigenvalue weighted by atomic mass is 35.5. The molecule has 1 saturated heterocycles. The van der Waals surface area contributed by atoms with Gasteiger partial charge in [-0.1, -0.05) is 29.8 Å². The van der Waals surface area contributed by atoms with Gasteiger partial charge in [0.1, 0.15) is 5.76 Å². The molecule has 1 aliphatic rings. The number of thiophene rings is 1. The summed E-state index contributed by atoms with van der Waals surface area (Å²) in [6.45, 7) is 2.46. The number of nitrogens with zero attached hydrogens (tertiary/aromatic N) is 3. The number of carbonyl (C=O) groups excluding carboxylic acids is 2. The van der Waals surface area contributed by atoms with Crippen LogP contribution in [0.1, 0.15) is 20.2 Å². The van der Waals surface area contributed by atoms with Crippen molar-refractivity contribution < 1.29 is 18.9 Å². The second-order valence-corrected chi connectivity index (χ2v) is 9.67. The third-order valence-corrected chi connectivity index (χ3v) is 7.20. The number of furan rings is 1. The van der Waals surface area contributed by atoms with Crippen LogP contribution in [-0.4, -0.2) is 47.8 Å². The lowest BCUT2D eigenvalue weighted by atomic mass is 10.1. The summed E-state index contributed by atoms with van der Waals surface area (Å²) in [5.74, 6) is -0.224. The van der Waals surface area contributed by atoms with Gasteiger partial charge in [-0.25, -0.2) is 0 Å². The average Bonchev–Trinajstić information content (AvgIpc) is 3.62. The molecule has 188 valence electrons. The Bertz CT molecular complexity index is 1460. The fraction of sp³-hybridized carbons (Fsp3) is 0.154. The Balaban J connectivity index is 1.23. The molecule has 11 heteroatoms. The Labute approximate surface area is 221 Å². The molecule has 2 amide bonds. The molecule has 3 heterocycles. The maximum atomic E-state index is 12.7. The average molecular weight is 537 g/mol. The summed E-state index contributed by atoms with van der Waals surface area (Å²) in [4.78, 5) is 40.8. The number of nitro groups is 1. The van der Waals surface area contributed by atoms with Crippen molar-refractivity contribution in [2.45, 2.75) is 0 Å². The van der Waals surface area contributed by atoms with Crippen LogP contribution in [0.2, 0.25) is 5.02 Å². The summed E-state index contributed by atoms with van der Waals surface area (Å²) < 4.78 is 5.61. The van der Waals surface area contributed by atoms with Gasteiger partial charge in [-0.15, -0.1) is 11.3 Å². The van der Waals surface area contributed by atoms with E-state index in [9.17, 15) is 19.7 Å². The third-order valence-electron chi connectivity index (χ3n) is 6.04. The molecule has 1 fully saturated rings. The normalized spacial score (nSPS) is 13.4. The molecule has 2 aromatic carbocycles. The lowest BCUT2D eigenvalue weighted by Gasteiger charge is -2.36. The third kappa shape index (κ3) is 5.20. The topological polar surface area (TPSA) is 109 Å². The van der Waals surface area contributed by atoms with E-state index >= 15 is 0 Å². The fourth-order valence-electron chi connectivity index (χ4n) is 4.19. The van der Waals surface area contributed by atoms with Gasteiger partial charge in [0.15, 0.2) is 5.76 Å². The number of rotatable bonds is 6. The zero-order chi connectivity index (χ0) is 25.9. The molecular formula is C26H21ClN4O5S. The molecule has 37 heavy (non-hydrogen) atoms. The second-order valence-electron chi connectivity index (χ2n) is 8.32. The first-order chi connectivity index (χ1) is 17.9. The van der Waals surface area contributed by atoms with Crippen molar-refractivity contribution in [3.63, 3.8) is 0 Å². The molecular weight excluding hydrogens is 516 g/mol. The Hall–Kier alpha value is -4.15. The molecule has 0 radical (unpaired) electrons. The van der Waals surface area contributed by atoms with E-state index in [-0.39, 0.29) is 28.7 Å². The van der Waals surface area contributed by atoms with Crippen LogP contribution in [0.15, 0.2) is 76.5 Å². The van der Waals surface area contributed by atoms with E-state index in [4.69, 9.17) is 16.0 Å². The van der Waals surface area contributed by atoms with Gasteiger partial charge in [0, 0.05) is 37.9 Å². The predicted octanol–water partition coefficient (Wildman–Crippen LogP) is 5.78. The molecule has 1 aliphatic heterocycles. The van der Waals surface area contributed by atoms with Crippen LogP contribution in [0.4, 0.5) is 17.1 Å². The van der Waals surface area contributed by atoms with E-state index in [1.807, 2.05) is 28.5 Å². The quantitative estimate of drug-likeness (QED) is 0.247. The highest BCUT2D eigenvalue weighted by Crippen LogP contribution is 2.32. The van der Waals surface area contributed by atoms with E-state index in [0.29, 0.717) is 36.9 Å². The molecule has 2 aromatic heterocycles. The molecule has 0 spiro atoms. The number of nitrogens with one attached hydrogen (secondary N) is 1. The summed E-state index contributed by atoms with van der Waals surface area (Å²) in [6, 6.07) is 18.1. The molecule has 5 rings (SSSR count). The SMILES string of the molecule is O=C(Nc1ccc(N2CCN(C(=O)c3cccs3)CC2)c(Cl)c1)c1ccc(-c2ccccc2[N+](=O)[O-])o1. The molecule has 0 unspecified atom stereocenters. The van der Waals surface area contributed by atoms with Crippen molar-refractivity contribution in [3.8, 4) is 11.3 Å². The lowest BCUT2D eigenvalue weighted by molar-refractivity contribution is -0.384. The molecule has 0 saturated carbocycles. The highest BCUT2D eigenvalue weighted by molar-refractivity contribution is 7.12. The molecule has 1 N–H and O–H groups in total. The van der Waals surface area contributed by atoms with Crippen molar-refractivity contribution >= 4 is 51.8 Å². The number of para-hydroxylation sites is 1. The van der Waals surface area contributed by atoms with Gasteiger partial charge in [0.25, 0.3) is 17.5 Å². The van der Waals surface area contributed by atoms with Crippen molar-refractivity contribution in [3.05, 3.63) is 97.9 Å². The first kappa shape index (κ1) is 24.5. The first-order valence-electron chi connectivity index (χ1n) is 11.4. The Morgan fingerprint density at radius 2 is 1.78 bits per heavy atom. The summed E-state index contributed by atoms with van der Waals surface area (Å²) >= 11 is 7.98. The van der Waals surface area contributed by atoms with Gasteiger partial charge < -0.3 is 19.5 Å². The first-order valence-corrected chi connectivity index (χ1v) is 12.7. The molecule has 0 aliphatic carbocycles. The maximum absolute atomic E-state index is 12.7. The molecule has 0 atom stereocenters. The number of benzene rings is 2. The Morgan fingerprint density at radius 1 is 1.00 bits per heavy atom. The van der Waals surface area contributed by atoms with Crippen LogP contribution in [0, 0.1) is 10.1 Å². The van der Waals surface area contributed by atoms with Crippen molar-refractivity contribution in [2.24, 2.45) is 0 Å². The number of halogens is 1. The monoisotopic (exact) mass is 536 g/mol. The zero-order valence-electron chi connectivity index (χ0n) is 19.4. The number of anilines is 2. The van der Waals surface area contributed by atoms with E-state index < -0.39 is 10.8 Å². The van der Waals surface area contributed by atoms with Gasteiger partial charge in [0.05, 0.1) is 26.1 Å². The van der Waals surface area contributed by atoms with Gasteiger partial charge in [-0.3, -0.25) is 19.7 Å². The van der Waals surface area contributed by atoms with Crippen molar-refractivity contribution in [2.75, 3.05) is 36.4 Å². The number of nitro benzene ring substituents is 1.